The van der Waals surface area contributed by atoms with E-state index in [4.69, 9.17) is 14.6 Å². The number of aliphatic hydroxyl groups is 1. The molecule has 1 aliphatic carbocycles. The quantitative estimate of drug-likeness (QED) is 0.250. The van der Waals surface area contributed by atoms with E-state index in [-0.39, 0.29) is 24.5 Å². The second kappa shape index (κ2) is 11.2. The Morgan fingerprint density at radius 2 is 1.92 bits per heavy atom. The molecule has 0 saturated carbocycles. The zero-order valence-corrected chi connectivity index (χ0v) is 21.0. The Hall–Kier alpha value is -3.30. The normalized spacial score (nSPS) is 13.5. The van der Waals surface area contributed by atoms with Gasteiger partial charge in [-0.1, -0.05) is 62.1 Å². The predicted octanol–water partition coefficient (Wildman–Crippen LogP) is 5.26. The molecule has 1 aromatic heterocycles. The summed E-state index contributed by atoms with van der Waals surface area (Å²) in [6.07, 6.45) is -1.28. The van der Waals surface area contributed by atoms with Crippen LogP contribution in [0, 0.1) is 17.7 Å². The standard InChI is InChI=1S/C28H27FNO5P/c1-17(2)27-23(8-5-13-35-36(34)16-21(31)15-25(32)33)26(18-9-11-20(29)12-10-18)24-14-19-6-3-4-7-22(19)28(24)30-27/h3-4,6-7,9-12,17,21,31,36H,13-16H2,1-2H3,(H,32,33). The van der Waals surface area contributed by atoms with Crippen LogP contribution in [0.25, 0.3) is 22.4 Å². The van der Waals surface area contributed by atoms with Gasteiger partial charge in [0, 0.05) is 23.7 Å². The molecular weight excluding hydrogens is 480 g/mol. The number of pyridine rings is 1. The summed E-state index contributed by atoms with van der Waals surface area (Å²) in [5.74, 6) is 4.64. The van der Waals surface area contributed by atoms with Crippen LogP contribution in [0.5, 0.6) is 0 Å². The van der Waals surface area contributed by atoms with E-state index in [0.717, 1.165) is 39.2 Å². The van der Waals surface area contributed by atoms with Gasteiger partial charge >= 0.3 is 5.97 Å². The van der Waals surface area contributed by atoms with Crippen LogP contribution in [-0.2, 0) is 20.3 Å². The summed E-state index contributed by atoms with van der Waals surface area (Å²) in [7, 11) is -2.65. The number of carboxylic acids is 1. The van der Waals surface area contributed by atoms with Gasteiger partial charge in [0.1, 0.15) is 12.4 Å². The van der Waals surface area contributed by atoms with E-state index in [1.807, 2.05) is 26.0 Å². The van der Waals surface area contributed by atoms with E-state index < -0.39 is 26.5 Å². The molecule has 1 heterocycles. The summed E-state index contributed by atoms with van der Waals surface area (Å²) in [5, 5.41) is 18.4. The Balaban J connectivity index is 1.71. The third kappa shape index (κ3) is 5.74. The molecule has 1 aliphatic rings. The minimum absolute atomic E-state index is 0.0535. The van der Waals surface area contributed by atoms with Crippen molar-refractivity contribution >= 4 is 14.0 Å². The van der Waals surface area contributed by atoms with E-state index in [1.165, 1.54) is 17.7 Å². The van der Waals surface area contributed by atoms with E-state index in [2.05, 4.69) is 24.0 Å². The molecule has 0 amide bonds. The Kier molecular flexibility index (Phi) is 8.01. The Labute approximate surface area is 210 Å². The van der Waals surface area contributed by atoms with Crippen molar-refractivity contribution in [2.75, 3.05) is 12.8 Å². The average molecular weight is 507 g/mol. The number of benzene rings is 2. The smallest absolute Gasteiger partial charge is 0.305 e. The van der Waals surface area contributed by atoms with Crippen molar-refractivity contribution < 1.29 is 28.5 Å². The van der Waals surface area contributed by atoms with Crippen LogP contribution in [-0.4, -0.2) is 40.0 Å². The molecule has 6 nitrogen and oxygen atoms in total. The molecule has 2 N–H and O–H groups in total. The van der Waals surface area contributed by atoms with E-state index in [0.29, 0.717) is 6.42 Å². The number of carbonyl (C=O) groups is 1. The van der Waals surface area contributed by atoms with Gasteiger partial charge in [0.15, 0.2) is 8.03 Å². The summed E-state index contributed by atoms with van der Waals surface area (Å²) >= 11 is 0. The van der Waals surface area contributed by atoms with Crippen LogP contribution < -0.4 is 0 Å². The Morgan fingerprint density at radius 3 is 2.61 bits per heavy atom. The number of rotatable bonds is 8. The highest BCUT2D eigenvalue weighted by atomic mass is 31.1. The van der Waals surface area contributed by atoms with Gasteiger partial charge in [-0.15, -0.1) is 0 Å². The number of nitrogens with zero attached hydrogens (tertiary/aromatic N) is 1. The first-order chi connectivity index (χ1) is 17.2. The van der Waals surface area contributed by atoms with Gasteiger partial charge in [0.25, 0.3) is 0 Å². The molecule has 3 aromatic rings. The number of hydrogen-bond acceptors (Lipinski definition) is 5. The highest BCUT2D eigenvalue weighted by molar-refractivity contribution is 7.39. The first-order valence-electron chi connectivity index (χ1n) is 11.7. The van der Waals surface area contributed by atoms with E-state index >= 15 is 0 Å². The maximum absolute atomic E-state index is 13.7. The van der Waals surface area contributed by atoms with Crippen molar-refractivity contribution in [3.63, 3.8) is 0 Å². The minimum atomic E-state index is -2.65. The summed E-state index contributed by atoms with van der Waals surface area (Å²) in [6.45, 7) is 3.93. The topological polar surface area (TPSA) is 96.7 Å². The van der Waals surface area contributed by atoms with E-state index in [1.54, 1.807) is 12.1 Å². The lowest BCUT2D eigenvalue weighted by molar-refractivity contribution is -0.138. The zero-order chi connectivity index (χ0) is 25.8. The van der Waals surface area contributed by atoms with Crippen LogP contribution in [0.1, 0.15) is 48.6 Å². The minimum Gasteiger partial charge on any atom is -0.481 e. The maximum Gasteiger partial charge on any atom is 0.305 e. The third-order valence-electron chi connectivity index (χ3n) is 5.98. The summed E-state index contributed by atoms with van der Waals surface area (Å²) < 4.78 is 31.1. The molecule has 8 heteroatoms. The second-order valence-electron chi connectivity index (χ2n) is 8.99. The van der Waals surface area contributed by atoms with Crippen molar-refractivity contribution in [3.05, 3.63) is 76.7 Å². The monoisotopic (exact) mass is 507 g/mol. The first kappa shape index (κ1) is 25.8. The second-order valence-corrected chi connectivity index (χ2v) is 10.4. The SMILES string of the molecule is CC(C)c1nc2c(c(-c3ccc(F)cc3)c1C#CCO[PH](=O)CC(O)CC(=O)O)Cc1ccccc1-2. The van der Waals surface area contributed by atoms with Crippen molar-refractivity contribution in [2.24, 2.45) is 0 Å². The number of aliphatic carboxylic acids is 1. The van der Waals surface area contributed by atoms with Gasteiger partial charge in [-0.3, -0.25) is 14.3 Å². The number of fused-ring (bicyclic) bond motifs is 3. The molecule has 0 saturated heterocycles. The molecule has 0 fully saturated rings. The molecule has 186 valence electrons. The Bertz CT molecular complexity index is 1380. The number of carboxylic acid groups (broad SMARTS) is 1. The highest BCUT2D eigenvalue weighted by Gasteiger charge is 2.28. The van der Waals surface area contributed by atoms with Crippen molar-refractivity contribution in [3.8, 4) is 34.2 Å². The fraction of sp³-hybridized carbons (Fsp3) is 0.286. The number of halogens is 1. The molecule has 0 bridgehead atoms. The zero-order valence-electron chi connectivity index (χ0n) is 20.0. The van der Waals surface area contributed by atoms with Crippen LogP contribution in [0.2, 0.25) is 0 Å². The average Bonchev–Trinajstić information content (AvgIpc) is 3.19. The molecule has 0 spiro atoms. The maximum atomic E-state index is 13.7. The number of hydrogen-bond donors (Lipinski definition) is 2. The lowest BCUT2D eigenvalue weighted by atomic mass is 9.89. The largest absolute Gasteiger partial charge is 0.481 e. The lowest BCUT2D eigenvalue weighted by Gasteiger charge is -2.18. The van der Waals surface area contributed by atoms with Crippen LogP contribution >= 0.6 is 8.03 Å². The molecule has 2 aromatic carbocycles. The Morgan fingerprint density at radius 1 is 1.19 bits per heavy atom. The van der Waals surface area contributed by atoms with Crippen molar-refractivity contribution in [1.29, 1.82) is 0 Å². The lowest BCUT2D eigenvalue weighted by Crippen LogP contribution is -2.15. The third-order valence-corrected chi connectivity index (χ3v) is 7.25. The van der Waals surface area contributed by atoms with Gasteiger partial charge < -0.3 is 14.7 Å². The summed E-state index contributed by atoms with van der Waals surface area (Å²) in [6, 6.07) is 14.5. The summed E-state index contributed by atoms with van der Waals surface area (Å²) in [5.41, 5.74) is 7.45. The first-order valence-corrected chi connectivity index (χ1v) is 13.2. The molecule has 36 heavy (non-hydrogen) atoms. The predicted molar refractivity (Wildman–Crippen MR) is 137 cm³/mol. The van der Waals surface area contributed by atoms with Gasteiger partial charge in [-0.2, -0.15) is 0 Å². The highest BCUT2D eigenvalue weighted by Crippen LogP contribution is 2.43. The van der Waals surface area contributed by atoms with Gasteiger partial charge in [0.05, 0.1) is 29.5 Å². The van der Waals surface area contributed by atoms with Crippen LogP contribution in [0.15, 0.2) is 48.5 Å². The molecule has 0 aliphatic heterocycles. The fourth-order valence-electron chi connectivity index (χ4n) is 4.38. The van der Waals surface area contributed by atoms with Crippen molar-refractivity contribution in [2.45, 2.75) is 38.7 Å². The van der Waals surface area contributed by atoms with Gasteiger partial charge in [-0.25, -0.2) is 4.39 Å². The van der Waals surface area contributed by atoms with Crippen LogP contribution in [0.4, 0.5) is 4.39 Å². The number of aromatic nitrogens is 1. The van der Waals surface area contributed by atoms with Crippen LogP contribution in [0.3, 0.4) is 0 Å². The molecule has 4 rings (SSSR count). The molecule has 2 atom stereocenters. The number of aliphatic hydroxyl groups excluding tert-OH is 1. The van der Waals surface area contributed by atoms with E-state index in [9.17, 15) is 18.9 Å². The van der Waals surface area contributed by atoms with Gasteiger partial charge in [-0.05, 0) is 34.7 Å². The fourth-order valence-corrected chi connectivity index (χ4v) is 5.26. The molecule has 0 radical (unpaired) electrons. The van der Waals surface area contributed by atoms with Gasteiger partial charge in [0.2, 0.25) is 0 Å². The molecular formula is C28H27FNO5P. The molecule has 2 unspecified atom stereocenters. The van der Waals surface area contributed by atoms with Crippen molar-refractivity contribution in [1.82, 2.24) is 4.98 Å². The summed E-state index contributed by atoms with van der Waals surface area (Å²) in [4.78, 5) is 15.7.